The van der Waals surface area contributed by atoms with Gasteiger partial charge in [-0.05, 0) is 77.0 Å². The van der Waals surface area contributed by atoms with E-state index in [0.29, 0.717) is 25.9 Å². The van der Waals surface area contributed by atoms with E-state index < -0.39 is 12.1 Å². The lowest BCUT2D eigenvalue weighted by Crippen LogP contribution is -2.45. The number of aliphatic hydroxyl groups is 2. The summed E-state index contributed by atoms with van der Waals surface area (Å²) in [6.07, 6.45) is 94.2. The summed E-state index contributed by atoms with van der Waals surface area (Å²) in [6.45, 7) is 4.98. The molecule has 0 aliphatic rings. The third kappa shape index (κ3) is 69.4. The van der Waals surface area contributed by atoms with Crippen molar-refractivity contribution in [2.75, 3.05) is 13.2 Å². The first-order chi connectivity index (χ1) is 41.5. The zero-order valence-corrected chi connectivity index (χ0v) is 57.2. The van der Waals surface area contributed by atoms with Crippen molar-refractivity contribution < 1.29 is 24.5 Å². The maximum Gasteiger partial charge on any atom is 0.305 e. The van der Waals surface area contributed by atoms with Gasteiger partial charge in [-0.25, -0.2) is 0 Å². The first-order valence-corrected chi connectivity index (χ1v) is 38.6. The molecule has 2 unspecified atom stereocenters. The van der Waals surface area contributed by atoms with Crippen molar-refractivity contribution in [3.05, 3.63) is 24.3 Å². The van der Waals surface area contributed by atoms with E-state index in [-0.39, 0.29) is 18.5 Å². The minimum absolute atomic E-state index is 0.0152. The molecule has 3 N–H and O–H groups in total. The second-order valence-electron chi connectivity index (χ2n) is 26.7. The average Bonchev–Trinajstić information content (AvgIpc) is 3.54. The molecule has 0 rings (SSSR count). The highest BCUT2D eigenvalue weighted by Gasteiger charge is 2.20. The van der Waals surface area contributed by atoms with E-state index in [2.05, 4.69) is 43.5 Å². The van der Waals surface area contributed by atoms with Crippen molar-refractivity contribution in [2.45, 2.75) is 450 Å². The lowest BCUT2D eigenvalue weighted by Gasteiger charge is -2.22. The molecule has 0 aromatic carbocycles. The van der Waals surface area contributed by atoms with Gasteiger partial charge >= 0.3 is 5.97 Å². The van der Waals surface area contributed by atoms with Crippen LogP contribution in [0.25, 0.3) is 0 Å². The van der Waals surface area contributed by atoms with E-state index in [1.807, 2.05) is 0 Å². The Hall–Kier alpha value is -1.66. The van der Waals surface area contributed by atoms with Gasteiger partial charge in [0.05, 0.1) is 25.4 Å². The number of amides is 1. The quantitative estimate of drug-likeness (QED) is 0.0320. The monoisotopic (exact) mass is 1180 g/mol. The molecule has 0 spiro atoms. The van der Waals surface area contributed by atoms with Gasteiger partial charge in [-0.3, -0.25) is 9.59 Å². The second-order valence-corrected chi connectivity index (χ2v) is 26.7. The van der Waals surface area contributed by atoms with E-state index in [1.165, 1.54) is 360 Å². The van der Waals surface area contributed by atoms with Crippen LogP contribution in [0.15, 0.2) is 24.3 Å². The number of allylic oxidation sites excluding steroid dienone is 4. The van der Waals surface area contributed by atoms with Crippen molar-refractivity contribution in [1.29, 1.82) is 0 Å². The SMILES string of the molecule is CCCCCCCC/C=C\CCCCCCCC(=O)OCCCCCCCCCCCCCCCCCCCC/C=C\CCCCCCCCCCCCCCCCCCCC(=O)NC(CO)C(O)CCCCCCCCCCCCCCC. The van der Waals surface area contributed by atoms with Crippen LogP contribution < -0.4 is 5.32 Å². The van der Waals surface area contributed by atoms with Crippen molar-refractivity contribution in [1.82, 2.24) is 5.32 Å². The average molecular weight is 1180 g/mol. The van der Waals surface area contributed by atoms with Crippen LogP contribution in [0.2, 0.25) is 0 Å². The van der Waals surface area contributed by atoms with E-state index in [4.69, 9.17) is 4.74 Å². The Kier molecular flexibility index (Phi) is 72.3. The van der Waals surface area contributed by atoms with E-state index in [9.17, 15) is 19.8 Å². The summed E-state index contributed by atoms with van der Waals surface area (Å²) in [6, 6.07) is -0.537. The Morgan fingerprint density at radius 1 is 0.321 bits per heavy atom. The molecule has 0 heterocycles. The maximum absolute atomic E-state index is 12.5. The third-order valence-electron chi connectivity index (χ3n) is 18.2. The molecular formula is C78H151NO5. The van der Waals surface area contributed by atoms with Crippen molar-refractivity contribution in [3.63, 3.8) is 0 Å². The predicted molar refractivity (Wildman–Crippen MR) is 370 cm³/mol. The highest BCUT2D eigenvalue weighted by atomic mass is 16.5. The standard InChI is InChI=1S/C78H151NO5/c1-3-5-7-9-11-13-15-17-43-48-52-56-60-64-68-72-78(83)84-73-69-65-61-57-53-49-45-42-40-38-36-34-32-30-28-26-24-22-20-18-19-21-23-25-27-29-31-33-35-37-39-41-44-47-51-55-59-63-67-71-77(82)79-75(74-80)76(81)70-66-62-58-54-50-46-16-14-12-10-8-6-4-2/h17-19,43,75-76,80-81H,3-16,20-42,44-74H2,1-2H3,(H,79,82)/b19-18-,43-17-. The molecule has 1 amide bonds. The first-order valence-electron chi connectivity index (χ1n) is 38.6. The number of unbranched alkanes of at least 4 members (excludes halogenated alkanes) is 58. The zero-order chi connectivity index (χ0) is 60.6. The number of carbonyl (C=O) groups is 2. The Morgan fingerprint density at radius 2 is 0.560 bits per heavy atom. The van der Waals surface area contributed by atoms with Crippen LogP contribution in [0.1, 0.15) is 438 Å². The van der Waals surface area contributed by atoms with Gasteiger partial charge in [0.15, 0.2) is 0 Å². The van der Waals surface area contributed by atoms with Gasteiger partial charge in [0.2, 0.25) is 5.91 Å². The number of hydrogen-bond donors (Lipinski definition) is 3. The summed E-state index contributed by atoms with van der Waals surface area (Å²) in [5.41, 5.74) is 0. The van der Waals surface area contributed by atoms with Crippen LogP contribution in [0, 0.1) is 0 Å². The maximum atomic E-state index is 12.5. The van der Waals surface area contributed by atoms with Gasteiger partial charge in [-0.2, -0.15) is 0 Å². The third-order valence-corrected chi connectivity index (χ3v) is 18.2. The van der Waals surface area contributed by atoms with E-state index >= 15 is 0 Å². The number of esters is 1. The topological polar surface area (TPSA) is 95.9 Å². The summed E-state index contributed by atoms with van der Waals surface area (Å²) in [4.78, 5) is 24.6. The highest BCUT2D eigenvalue weighted by Crippen LogP contribution is 2.20. The number of carbonyl (C=O) groups excluding carboxylic acids is 2. The van der Waals surface area contributed by atoms with Crippen LogP contribution in [0.3, 0.4) is 0 Å². The number of rotatable bonds is 73. The first kappa shape index (κ1) is 82.3. The summed E-state index contributed by atoms with van der Waals surface area (Å²) in [5, 5.41) is 23.3. The van der Waals surface area contributed by atoms with Crippen LogP contribution in [0.5, 0.6) is 0 Å². The molecule has 0 fully saturated rings. The minimum atomic E-state index is -0.660. The number of aliphatic hydroxyl groups excluding tert-OH is 2. The zero-order valence-electron chi connectivity index (χ0n) is 57.2. The fourth-order valence-electron chi connectivity index (χ4n) is 12.3. The van der Waals surface area contributed by atoms with E-state index in [1.54, 1.807) is 0 Å². The molecule has 0 aromatic rings. The molecule has 6 heteroatoms. The summed E-state index contributed by atoms with van der Waals surface area (Å²) < 4.78 is 5.50. The minimum Gasteiger partial charge on any atom is -0.466 e. The van der Waals surface area contributed by atoms with Crippen LogP contribution in [-0.4, -0.2) is 47.4 Å². The molecule has 0 aliphatic heterocycles. The van der Waals surface area contributed by atoms with E-state index in [0.717, 1.165) is 44.9 Å². The van der Waals surface area contributed by atoms with Gasteiger partial charge in [0, 0.05) is 12.8 Å². The fraction of sp³-hybridized carbons (Fsp3) is 0.923. The van der Waals surface area contributed by atoms with Gasteiger partial charge in [0.1, 0.15) is 0 Å². The predicted octanol–water partition coefficient (Wildman–Crippen LogP) is 25.3. The molecule has 0 bridgehead atoms. The van der Waals surface area contributed by atoms with Crippen molar-refractivity contribution in [2.24, 2.45) is 0 Å². The van der Waals surface area contributed by atoms with Crippen LogP contribution >= 0.6 is 0 Å². The molecule has 498 valence electrons. The van der Waals surface area contributed by atoms with Gasteiger partial charge in [-0.1, -0.05) is 372 Å². The molecule has 0 aromatic heterocycles. The Morgan fingerprint density at radius 3 is 0.845 bits per heavy atom. The molecule has 6 nitrogen and oxygen atoms in total. The van der Waals surface area contributed by atoms with Gasteiger partial charge in [0.25, 0.3) is 0 Å². The highest BCUT2D eigenvalue weighted by molar-refractivity contribution is 5.76. The van der Waals surface area contributed by atoms with Crippen LogP contribution in [0.4, 0.5) is 0 Å². The Balaban J connectivity index is 3.30. The van der Waals surface area contributed by atoms with Gasteiger partial charge in [-0.15, -0.1) is 0 Å². The molecule has 0 saturated carbocycles. The molecule has 0 saturated heterocycles. The number of nitrogens with one attached hydrogen (secondary N) is 1. The molecular weight excluding hydrogens is 1030 g/mol. The molecule has 84 heavy (non-hydrogen) atoms. The Bertz CT molecular complexity index is 1320. The lowest BCUT2D eigenvalue weighted by atomic mass is 10.0. The van der Waals surface area contributed by atoms with Crippen LogP contribution in [-0.2, 0) is 14.3 Å². The lowest BCUT2D eigenvalue weighted by molar-refractivity contribution is -0.143. The number of ether oxygens (including phenoxy) is 1. The summed E-state index contributed by atoms with van der Waals surface area (Å²) in [5.74, 6) is -0.0129. The molecule has 2 atom stereocenters. The molecule has 0 aliphatic carbocycles. The largest absolute Gasteiger partial charge is 0.466 e. The van der Waals surface area contributed by atoms with Gasteiger partial charge < -0.3 is 20.3 Å². The molecule has 0 radical (unpaired) electrons. The normalized spacial score (nSPS) is 12.6. The smallest absolute Gasteiger partial charge is 0.305 e. The summed E-state index contributed by atoms with van der Waals surface area (Å²) >= 11 is 0. The second kappa shape index (κ2) is 73.8. The Labute approximate surface area is 526 Å². The van der Waals surface area contributed by atoms with Crippen molar-refractivity contribution in [3.8, 4) is 0 Å². The summed E-state index contributed by atoms with van der Waals surface area (Å²) in [7, 11) is 0. The van der Waals surface area contributed by atoms with Crippen molar-refractivity contribution >= 4 is 11.9 Å². The number of hydrogen-bond acceptors (Lipinski definition) is 5. The fourth-order valence-corrected chi connectivity index (χ4v) is 12.3.